The Morgan fingerprint density at radius 3 is 2.55 bits per heavy atom. The summed E-state index contributed by atoms with van der Waals surface area (Å²) in [5.41, 5.74) is 10.5. The van der Waals surface area contributed by atoms with Crippen molar-refractivity contribution in [3.05, 3.63) is 0 Å². The van der Waals surface area contributed by atoms with Crippen LogP contribution in [0.4, 0.5) is 0 Å². The van der Waals surface area contributed by atoms with Gasteiger partial charge in [0, 0.05) is 0 Å². The Labute approximate surface area is 67.1 Å². The van der Waals surface area contributed by atoms with Gasteiger partial charge >= 0.3 is 0 Å². The fourth-order valence-electron chi connectivity index (χ4n) is 1.34. The minimum atomic E-state index is -0.421. The zero-order valence-electron chi connectivity index (χ0n) is 6.75. The van der Waals surface area contributed by atoms with Crippen LogP contribution in [-0.2, 0) is 4.79 Å². The molecule has 0 aromatic carbocycles. The molecule has 0 aliphatic heterocycles. The standard InChI is InChI=1S/C8H16N2O/c9-7(8(10)11)5-4-6-2-1-3-6/h6-7H,1-5,9H2,(H2,10,11). The van der Waals surface area contributed by atoms with Crippen LogP contribution in [0, 0.1) is 5.92 Å². The molecule has 1 rings (SSSR count). The van der Waals surface area contributed by atoms with Gasteiger partial charge in [0.2, 0.25) is 5.91 Å². The summed E-state index contributed by atoms with van der Waals surface area (Å²) in [7, 11) is 0. The number of amides is 1. The second-order valence-electron chi connectivity index (χ2n) is 3.38. The molecule has 0 radical (unpaired) electrons. The van der Waals surface area contributed by atoms with Gasteiger partial charge < -0.3 is 11.5 Å². The zero-order valence-corrected chi connectivity index (χ0v) is 6.75. The van der Waals surface area contributed by atoms with E-state index in [4.69, 9.17) is 11.5 Å². The molecule has 0 aromatic rings. The Balaban J connectivity index is 2.05. The molecular formula is C8H16N2O. The monoisotopic (exact) mass is 156 g/mol. The van der Waals surface area contributed by atoms with E-state index < -0.39 is 6.04 Å². The van der Waals surface area contributed by atoms with Crippen LogP contribution < -0.4 is 11.5 Å². The third-order valence-corrected chi connectivity index (χ3v) is 2.48. The number of carbonyl (C=O) groups excluding carboxylic acids is 1. The summed E-state index contributed by atoms with van der Waals surface area (Å²) in [6.45, 7) is 0. The van der Waals surface area contributed by atoms with Gasteiger partial charge in [-0.3, -0.25) is 4.79 Å². The SMILES string of the molecule is NC(=O)C(N)CCC1CCC1. The predicted molar refractivity (Wildman–Crippen MR) is 43.7 cm³/mol. The molecule has 1 unspecified atom stereocenters. The fourth-order valence-corrected chi connectivity index (χ4v) is 1.34. The van der Waals surface area contributed by atoms with E-state index in [9.17, 15) is 4.79 Å². The highest BCUT2D eigenvalue weighted by atomic mass is 16.1. The third kappa shape index (κ3) is 2.50. The molecular weight excluding hydrogens is 140 g/mol. The molecule has 4 N–H and O–H groups in total. The topological polar surface area (TPSA) is 69.1 Å². The summed E-state index contributed by atoms with van der Waals surface area (Å²) < 4.78 is 0. The second kappa shape index (κ2) is 3.72. The normalized spacial score (nSPS) is 20.8. The van der Waals surface area contributed by atoms with Gasteiger partial charge in [0.15, 0.2) is 0 Å². The van der Waals surface area contributed by atoms with Gasteiger partial charge in [-0.05, 0) is 18.8 Å². The van der Waals surface area contributed by atoms with Crippen molar-refractivity contribution in [1.29, 1.82) is 0 Å². The van der Waals surface area contributed by atoms with Crippen LogP contribution in [0.1, 0.15) is 32.1 Å². The van der Waals surface area contributed by atoms with Crippen LogP contribution in [0.3, 0.4) is 0 Å². The molecule has 1 aliphatic rings. The highest BCUT2D eigenvalue weighted by Crippen LogP contribution is 2.30. The van der Waals surface area contributed by atoms with Crippen molar-refractivity contribution in [3.63, 3.8) is 0 Å². The van der Waals surface area contributed by atoms with Crippen LogP contribution in [0.5, 0.6) is 0 Å². The molecule has 0 bridgehead atoms. The van der Waals surface area contributed by atoms with E-state index in [0.717, 1.165) is 18.8 Å². The summed E-state index contributed by atoms with van der Waals surface area (Å²) in [5, 5.41) is 0. The minimum absolute atomic E-state index is 0.371. The quantitative estimate of drug-likeness (QED) is 0.617. The molecule has 3 heteroatoms. The lowest BCUT2D eigenvalue weighted by Gasteiger charge is -2.25. The predicted octanol–water partition coefficient (Wildman–Crippen LogP) is 0.379. The average molecular weight is 156 g/mol. The highest BCUT2D eigenvalue weighted by molar-refractivity contribution is 5.79. The maximum Gasteiger partial charge on any atom is 0.234 e. The number of primary amides is 1. The first-order valence-corrected chi connectivity index (χ1v) is 4.25. The van der Waals surface area contributed by atoms with Gasteiger partial charge in [0.1, 0.15) is 0 Å². The van der Waals surface area contributed by atoms with Crippen molar-refractivity contribution in [3.8, 4) is 0 Å². The first-order valence-electron chi connectivity index (χ1n) is 4.25. The Kier molecular flexibility index (Phi) is 2.88. The number of carbonyl (C=O) groups is 1. The average Bonchev–Trinajstić information content (AvgIpc) is 1.83. The van der Waals surface area contributed by atoms with Crippen LogP contribution in [-0.4, -0.2) is 11.9 Å². The highest BCUT2D eigenvalue weighted by Gasteiger charge is 2.19. The maximum absolute atomic E-state index is 10.5. The molecule has 11 heavy (non-hydrogen) atoms. The largest absolute Gasteiger partial charge is 0.368 e. The van der Waals surface area contributed by atoms with Gasteiger partial charge in [-0.1, -0.05) is 19.3 Å². The molecule has 64 valence electrons. The zero-order chi connectivity index (χ0) is 8.27. The molecule has 0 heterocycles. The van der Waals surface area contributed by atoms with Crippen LogP contribution >= 0.6 is 0 Å². The fraction of sp³-hybridized carbons (Fsp3) is 0.875. The third-order valence-electron chi connectivity index (χ3n) is 2.48. The molecule has 3 nitrogen and oxygen atoms in total. The van der Waals surface area contributed by atoms with E-state index >= 15 is 0 Å². The Morgan fingerprint density at radius 2 is 2.18 bits per heavy atom. The number of rotatable bonds is 4. The van der Waals surface area contributed by atoms with Gasteiger partial charge in [0.05, 0.1) is 6.04 Å². The first-order chi connectivity index (χ1) is 5.20. The molecule has 1 amide bonds. The summed E-state index contributed by atoms with van der Waals surface area (Å²) in [6, 6.07) is -0.421. The van der Waals surface area contributed by atoms with Crippen LogP contribution in [0.15, 0.2) is 0 Å². The van der Waals surface area contributed by atoms with E-state index in [2.05, 4.69) is 0 Å². The van der Waals surface area contributed by atoms with Crippen molar-refractivity contribution in [2.24, 2.45) is 17.4 Å². The van der Waals surface area contributed by atoms with Gasteiger partial charge in [0.25, 0.3) is 0 Å². The molecule has 0 aromatic heterocycles. The van der Waals surface area contributed by atoms with Gasteiger partial charge in [-0.2, -0.15) is 0 Å². The molecule has 0 spiro atoms. The van der Waals surface area contributed by atoms with Crippen molar-refractivity contribution < 1.29 is 4.79 Å². The van der Waals surface area contributed by atoms with Crippen molar-refractivity contribution >= 4 is 5.91 Å². The number of hydrogen-bond donors (Lipinski definition) is 2. The van der Waals surface area contributed by atoms with E-state index in [1.807, 2.05) is 0 Å². The van der Waals surface area contributed by atoms with E-state index in [0.29, 0.717) is 0 Å². The first kappa shape index (κ1) is 8.53. The van der Waals surface area contributed by atoms with Crippen LogP contribution in [0.2, 0.25) is 0 Å². The smallest absolute Gasteiger partial charge is 0.234 e. The van der Waals surface area contributed by atoms with Gasteiger partial charge in [-0.25, -0.2) is 0 Å². The summed E-state index contributed by atoms with van der Waals surface area (Å²) in [4.78, 5) is 10.5. The summed E-state index contributed by atoms with van der Waals surface area (Å²) >= 11 is 0. The number of hydrogen-bond acceptors (Lipinski definition) is 2. The lowest BCUT2D eigenvalue weighted by Crippen LogP contribution is -2.36. The van der Waals surface area contributed by atoms with E-state index in [-0.39, 0.29) is 5.91 Å². The van der Waals surface area contributed by atoms with E-state index in [1.165, 1.54) is 19.3 Å². The molecule has 1 atom stereocenters. The molecule has 1 fully saturated rings. The summed E-state index contributed by atoms with van der Waals surface area (Å²) in [6.07, 6.45) is 5.80. The van der Waals surface area contributed by atoms with E-state index in [1.54, 1.807) is 0 Å². The molecule has 1 aliphatic carbocycles. The van der Waals surface area contributed by atoms with Crippen molar-refractivity contribution in [1.82, 2.24) is 0 Å². The Bertz CT molecular complexity index is 143. The minimum Gasteiger partial charge on any atom is -0.368 e. The molecule has 1 saturated carbocycles. The van der Waals surface area contributed by atoms with Crippen molar-refractivity contribution in [2.75, 3.05) is 0 Å². The Morgan fingerprint density at radius 1 is 1.55 bits per heavy atom. The maximum atomic E-state index is 10.5. The van der Waals surface area contributed by atoms with Gasteiger partial charge in [-0.15, -0.1) is 0 Å². The number of nitrogens with two attached hydrogens (primary N) is 2. The lowest BCUT2D eigenvalue weighted by molar-refractivity contribution is -0.119. The van der Waals surface area contributed by atoms with Crippen LogP contribution in [0.25, 0.3) is 0 Å². The molecule has 0 saturated heterocycles. The Hall–Kier alpha value is -0.570. The second-order valence-corrected chi connectivity index (χ2v) is 3.38. The lowest BCUT2D eigenvalue weighted by atomic mass is 9.81. The summed E-state index contributed by atoms with van der Waals surface area (Å²) in [5.74, 6) is 0.449. The van der Waals surface area contributed by atoms with Crippen molar-refractivity contribution in [2.45, 2.75) is 38.1 Å².